The van der Waals surface area contributed by atoms with Gasteiger partial charge in [-0.3, -0.25) is 0 Å². The fourth-order valence-electron chi connectivity index (χ4n) is 1.34. The highest BCUT2D eigenvalue weighted by Crippen LogP contribution is 2.23. The standard InChI is InChI=1S/C11H12ClN3O2/c1-15(14-16)11(17-7-3-6-13)9-4-2-5-10(12)8-9/h2,4-5,8,11H,3,7H2,1H3. The van der Waals surface area contributed by atoms with Gasteiger partial charge in [0.05, 0.1) is 24.4 Å². The SMILES string of the molecule is CN(N=O)C(OCCC#N)c1cccc(Cl)c1. The van der Waals surface area contributed by atoms with Crippen LogP contribution >= 0.6 is 11.6 Å². The molecule has 0 saturated heterocycles. The number of nitrogens with zero attached hydrogens (tertiary/aromatic N) is 3. The van der Waals surface area contributed by atoms with Gasteiger partial charge in [-0.25, -0.2) is 5.01 Å². The average Bonchev–Trinajstić information content (AvgIpc) is 2.34. The largest absolute Gasteiger partial charge is 0.351 e. The Balaban J connectivity index is 2.82. The van der Waals surface area contributed by atoms with Gasteiger partial charge in [-0.05, 0) is 12.1 Å². The molecular formula is C11H12ClN3O2. The van der Waals surface area contributed by atoms with Crippen LogP contribution in [-0.4, -0.2) is 18.7 Å². The van der Waals surface area contributed by atoms with Crippen molar-refractivity contribution < 1.29 is 4.74 Å². The van der Waals surface area contributed by atoms with E-state index >= 15 is 0 Å². The van der Waals surface area contributed by atoms with Crippen LogP contribution in [0.15, 0.2) is 29.6 Å². The topological polar surface area (TPSA) is 65.7 Å². The Morgan fingerprint density at radius 3 is 3.00 bits per heavy atom. The Morgan fingerprint density at radius 2 is 2.41 bits per heavy atom. The van der Waals surface area contributed by atoms with E-state index in [1.54, 1.807) is 24.3 Å². The molecule has 1 atom stereocenters. The van der Waals surface area contributed by atoms with Gasteiger partial charge in [0.1, 0.15) is 0 Å². The van der Waals surface area contributed by atoms with E-state index in [0.717, 1.165) is 10.6 Å². The second kappa shape index (κ2) is 6.84. The molecule has 0 aliphatic heterocycles. The normalized spacial score (nSPS) is 11.6. The maximum absolute atomic E-state index is 10.5. The number of nitroso groups, excluding NO2 is 1. The predicted molar refractivity (Wildman–Crippen MR) is 63.9 cm³/mol. The van der Waals surface area contributed by atoms with Crippen LogP contribution in [0.1, 0.15) is 18.2 Å². The van der Waals surface area contributed by atoms with Crippen LogP contribution in [0.2, 0.25) is 5.02 Å². The lowest BCUT2D eigenvalue weighted by molar-refractivity contribution is -0.0483. The molecule has 0 saturated carbocycles. The van der Waals surface area contributed by atoms with Crippen LogP contribution in [0.3, 0.4) is 0 Å². The van der Waals surface area contributed by atoms with Crippen molar-refractivity contribution in [1.29, 1.82) is 5.26 Å². The Labute approximate surface area is 104 Å². The molecule has 0 aliphatic rings. The number of nitriles is 1. The van der Waals surface area contributed by atoms with Gasteiger partial charge in [-0.15, -0.1) is 4.91 Å². The highest BCUT2D eigenvalue weighted by Gasteiger charge is 2.17. The van der Waals surface area contributed by atoms with Crippen molar-refractivity contribution >= 4 is 11.6 Å². The van der Waals surface area contributed by atoms with Crippen molar-refractivity contribution in [3.05, 3.63) is 39.8 Å². The maximum atomic E-state index is 10.5. The molecule has 0 spiro atoms. The van der Waals surface area contributed by atoms with Gasteiger partial charge in [-0.1, -0.05) is 23.7 Å². The second-order valence-electron chi connectivity index (χ2n) is 3.34. The molecule has 0 amide bonds. The minimum atomic E-state index is -0.625. The third kappa shape index (κ3) is 4.02. The molecule has 5 nitrogen and oxygen atoms in total. The van der Waals surface area contributed by atoms with Crippen molar-refractivity contribution in [2.45, 2.75) is 12.6 Å². The Kier molecular flexibility index (Phi) is 5.40. The third-order valence-electron chi connectivity index (χ3n) is 2.09. The van der Waals surface area contributed by atoms with E-state index in [0.29, 0.717) is 5.02 Å². The number of rotatable bonds is 6. The third-order valence-corrected chi connectivity index (χ3v) is 2.33. The second-order valence-corrected chi connectivity index (χ2v) is 3.78. The summed E-state index contributed by atoms with van der Waals surface area (Å²) >= 11 is 5.86. The quantitative estimate of drug-likeness (QED) is 0.338. The first kappa shape index (κ1) is 13.4. The van der Waals surface area contributed by atoms with E-state index < -0.39 is 6.23 Å². The highest BCUT2D eigenvalue weighted by molar-refractivity contribution is 6.30. The van der Waals surface area contributed by atoms with E-state index in [2.05, 4.69) is 5.29 Å². The Morgan fingerprint density at radius 1 is 1.65 bits per heavy atom. The summed E-state index contributed by atoms with van der Waals surface area (Å²) in [6.07, 6.45) is -0.372. The summed E-state index contributed by atoms with van der Waals surface area (Å²) in [6, 6.07) is 8.93. The van der Waals surface area contributed by atoms with Gasteiger partial charge in [0.25, 0.3) is 0 Å². The van der Waals surface area contributed by atoms with E-state index in [1.807, 2.05) is 6.07 Å². The first-order chi connectivity index (χ1) is 8.19. The molecular weight excluding hydrogens is 242 g/mol. The lowest BCUT2D eigenvalue weighted by Crippen LogP contribution is -2.22. The van der Waals surface area contributed by atoms with Crippen LogP contribution in [0.4, 0.5) is 0 Å². The van der Waals surface area contributed by atoms with Gasteiger partial charge < -0.3 is 4.74 Å². The zero-order valence-corrected chi connectivity index (χ0v) is 10.1. The molecule has 0 radical (unpaired) electrons. The molecule has 90 valence electrons. The van der Waals surface area contributed by atoms with Gasteiger partial charge >= 0.3 is 0 Å². The highest BCUT2D eigenvalue weighted by atomic mass is 35.5. The summed E-state index contributed by atoms with van der Waals surface area (Å²) in [4.78, 5) is 10.5. The number of hydrogen-bond donors (Lipinski definition) is 0. The van der Waals surface area contributed by atoms with E-state index in [9.17, 15) is 4.91 Å². The van der Waals surface area contributed by atoms with Crippen molar-refractivity contribution in [2.24, 2.45) is 5.29 Å². The smallest absolute Gasteiger partial charge is 0.174 e. The molecule has 6 heteroatoms. The van der Waals surface area contributed by atoms with Gasteiger partial charge in [0, 0.05) is 17.6 Å². The van der Waals surface area contributed by atoms with Crippen LogP contribution in [0.25, 0.3) is 0 Å². The summed E-state index contributed by atoms with van der Waals surface area (Å²) in [5.74, 6) is 0. The molecule has 0 heterocycles. The van der Waals surface area contributed by atoms with E-state index in [4.69, 9.17) is 21.6 Å². The van der Waals surface area contributed by atoms with Crippen LogP contribution in [0, 0.1) is 16.2 Å². The summed E-state index contributed by atoms with van der Waals surface area (Å²) in [5.41, 5.74) is 0.720. The fourth-order valence-corrected chi connectivity index (χ4v) is 1.54. The van der Waals surface area contributed by atoms with Crippen LogP contribution < -0.4 is 0 Å². The van der Waals surface area contributed by atoms with Crippen molar-refractivity contribution in [3.8, 4) is 6.07 Å². The number of benzene rings is 1. The molecule has 0 fully saturated rings. The van der Waals surface area contributed by atoms with Crippen molar-refractivity contribution in [3.63, 3.8) is 0 Å². The van der Waals surface area contributed by atoms with E-state index in [1.165, 1.54) is 7.05 Å². The Bertz CT molecular complexity index is 419. The number of hydrogen-bond acceptors (Lipinski definition) is 4. The molecule has 0 N–H and O–H groups in total. The monoisotopic (exact) mass is 253 g/mol. The molecule has 1 unspecified atom stereocenters. The molecule has 1 aromatic carbocycles. The van der Waals surface area contributed by atoms with Gasteiger partial charge in [-0.2, -0.15) is 5.26 Å². The number of ether oxygens (including phenoxy) is 1. The minimum absolute atomic E-state index is 0.230. The first-order valence-electron chi connectivity index (χ1n) is 4.99. The Hall–Kier alpha value is -1.64. The molecule has 0 aliphatic carbocycles. The van der Waals surface area contributed by atoms with Crippen molar-refractivity contribution in [1.82, 2.24) is 5.01 Å². The summed E-state index contributed by atoms with van der Waals surface area (Å²) < 4.78 is 5.43. The summed E-state index contributed by atoms with van der Waals surface area (Å²) in [5, 5.41) is 12.9. The fraction of sp³-hybridized carbons (Fsp3) is 0.364. The summed E-state index contributed by atoms with van der Waals surface area (Å²) in [6.45, 7) is 0.230. The van der Waals surface area contributed by atoms with Crippen LogP contribution in [0.5, 0.6) is 0 Å². The lowest BCUT2D eigenvalue weighted by atomic mass is 10.2. The van der Waals surface area contributed by atoms with Crippen molar-refractivity contribution in [2.75, 3.05) is 13.7 Å². The lowest BCUT2D eigenvalue weighted by Gasteiger charge is -2.23. The minimum Gasteiger partial charge on any atom is -0.351 e. The first-order valence-corrected chi connectivity index (χ1v) is 5.37. The molecule has 17 heavy (non-hydrogen) atoms. The molecule has 0 bridgehead atoms. The maximum Gasteiger partial charge on any atom is 0.174 e. The summed E-state index contributed by atoms with van der Waals surface area (Å²) in [7, 11) is 1.50. The molecule has 1 aromatic rings. The van der Waals surface area contributed by atoms with E-state index in [-0.39, 0.29) is 13.0 Å². The zero-order chi connectivity index (χ0) is 12.7. The zero-order valence-electron chi connectivity index (χ0n) is 9.34. The molecule has 0 aromatic heterocycles. The van der Waals surface area contributed by atoms with Crippen LogP contribution in [-0.2, 0) is 4.74 Å². The average molecular weight is 254 g/mol. The van der Waals surface area contributed by atoms with Gasteiger partial charge in [0.2, 0.25) is 0 Å². The predicted octanol–water partition coefficient (Wildman–Crippen LogP) is 2.88. The number of halogens is 1. The van der Waals surface area contributed by atoms with Gasteiger partial charge in [0.15, 0.2) is 6.23 Å². The molecule has 1 rings (SSSR count).